The third-order valence-corrected chi connectivity index (χ3v) is 4.65. The van der Waals surface area contributed by atoms with Crippen molar-refractivity contribution in [1.82, 2.24) is 19.3 Å². The first-order chi connectivity index (χ1) is 9.20. The summed E-state index contributed by atoms with van der Waals surface area (Å²) < 4.78 is 5.08. The molecule has 1 N–H and O–H groups in total. The number of rotatable bonds is 3. The second-order valence-corrected chi connectivity index (χ2v) is 6.05. The summed E-state index contributed by atoms with van der Waals surface area (Å²) in [4.78, 5) is 3.35. The van der Waals surface area contributed by atoms with Crippen molar-refractivity contribution in [2.75, 3.05) is 0 Å². The molecule has 1 aliphatic rings. The number of aromatic amines is 1. The highest BCUT2D eigenvalue weighted by molar-refractivity contribution is 7.71. The second kappa shape index (κ2) is 5.12. The predicted molar refractivity (Wildman–Crippen MR) is 79.8 cm³/mol. The fraction of sp³-hybridized carbons (Fsp3) is 0.714. The zero-order valence-electron chi connectivity index (χ0n) is 11.8. The van der Waals surface area contributed by atoms with Crippen LogP contribution in [0.3, 0.4) is 0 Å². The Kier molecular flexibility index (Phi) is 3.48. The Morgan fingerprint density at radius 3 is 2.74 bits per heavy atom. The largest absolute Gasteiger partial charge is 0.328 e. The molecule has 3 rings (SSSR count). The zero-order valence-corrected chi connectivity index (χ0v) is 12.6. The van der Waals surface area contributed by atoms with Gasteiger partial charge >= 0.3 is 0 Å². The van der Waals surface area contributed by atoms with Crippen LogP contribution in [0.1, 0.15) is 44.7 Å². The molecule has 0 amide bonds. The van der Waals surface area contributed by atoms with Crippen molar-refractivity contribution >= 4 is 23.4 Å². The Balaban J connectivity index is 2.00. The Labute approximate surface area is 118 Å². The molecule has 0 aliphatic heterocycles. The van der Waals surface area contributed by atoms with E-state index in [1.165, 1.54) is 32.1 Å². The molecular weight excluding hydrogens is 256 g/mol. The van der Waals surface area contributed by atoms with Crippen molar-refractivity contribution < 1.29 is 0 Å². The second-order valence-electron chi connectivity index (χ2n) is 5.67. The summed E-state index contributed by atoms with van der Waals surface area (Å²) in [5, 5.41) is 4.58. The maximum Gasteiger partial charge on any atom is 0.179 e. The molecule has 2 heterocycles. The van der Waals surface area contributed by atoms with Crippen LogP contribution < -0.4 is 0 Å². The highest BCUT2D eigenvalue weighted by Crippen LogP contribution is 2.27. The van der Waals surface area contributed by atoms with E-state index >= 15 is 0 Å². The van der Waals surface area contributed by atoms with E-state index in [-0.39, 0.29) is 0 Å². The first-order valence-electron chi connectivity index (χ1n) is 7.35. The lowest BCUT2D eigenvalue weighted by Gasteiger charge is -2.22. The molecule has 0 atom stereocenters. The monoisotopic (exact) mass is 278 g/mol. The van der Waals surface area contributed by atoms with Gasteiger partial charge in [0.15, 0.2) is 10.4 Å². The molecule has 104 valence electrons. The van der Waals surface area contributed by atoms with Crippen LogP contribution in [0.5, 0.6) is 0 Å². The Morgan fingerprint density at radius 1 is 1.32 bits per heavy atom. The molecule has 4 nitrogen and oxygen atoms in total. The first kappa shape index (κ1) is 12.9. The highest BCUT2D eigenvalue weighted by Gasteiger charge is 2.19. The lowest BCUT2D eigenvalue weighted by molar-refractivity contribution is 0.319. The molecule has 1 saturated carbocycles. The van der Waals surface area contributed by atoms with E-state index in [2.05, 4.69) is 21.6 Å². The number of aryl methyl sites for hydroxylation is 2. The third-order valence-electron chi connectivity index (χ3n) is 4.32. The highest BCUT2D eigenvalue weighted by atomic mass is 32.1. The van der Waals surface area contributed by atoms with Crippen molar-refractivity contribution in [3.8, 4) is 0 Å². The van der Waals surface area contributed by atoms with Crippen LogP contribution in [0.25, 0.3) is 11.2 Å². The third kappa shape index (κ3) is 2.24. The minimum Gasteiger partial charge on any atom is -0.328 e. The van der Waals surface area contributed by atoms with Gasteiger partial charge in [0.1, 0.15) is 5.52 Å². The number of imidazole rings is 1. The Morgan fingerprint density at radius 2 is 2.05 bits per heavy atom. The van der Waals surface area contributed by atoms with E-state index in [1.54, 1.807) is 0 Å². The molecule has 0 aromatic carbocycles. The standard InChI is InChI=1S/C14H22N4S/c1-3-11-12-13(17(2)16-11)18(14(19)15-12)9-10-7-5-4-6-8-10/h10H,3-9H2,1-2H3,(H,15,19). The molecule has 0 unspecified atom stereocenters. The summed E-state index contributed by atoms with van der Waals surface area (Å²) in [6, 6.07) is 0. The van der Waals surface area contributed by atoms with Crippen LogP contribution in [0, 0.1) is 10.7 Å². The van der Waals surface area contributed by atoms with Gasteiger partial charge in [-0.2, -0.15) is 5.10 Å². The van der Waals surface area contributed by atoms with Gasteiger partial charge in [-0.15, -0.1) is 0 Å². The van der Waals surface area contributed by atoms with Gasteiger partial charge in [-0.3, -0.25) is 4.68 Å². The Bertz CT molecular complexity index is 628. The number of aromatic nitrogens is 4. The topological polar surface area (TPSA) is 38.5 Å². The van der Waals surface area contributed by atoms with Crippen molar-refractivity contribution in [3.05, 3.63) is 10.5 Å². The van der Waals surface area contributed by atoms with Crippen molar-refractivity contribution in [2.24, 2.45) is 13.0 Å². The molecule has 1 fully saturated rings. The van der Waals surface area contributed by atoms with Crippen molar-refractivity contribution in [2.45, 2.75) is 52.0 Å². The average molecular weight is 278 g/mol. The number of H-pyrrole nitrogens is 1. The molecule has 2 aromatic rings. The molecule has 5 heteroatoms. The van der Waals surface area contributed by atoms with E-state index in [0.717, 1.165) is 40.5 Å². The van der Waals surface area contributed by atoms with Crippen LogP contribution in [0.4, 0.5) is 0 Å². The molecule has 0 radical (unpaired) electrons. The summed E-state index contributed by atoms with van der Waals surface area (Å²) in [5.41, 5.74) is 3.41. The summed E-state index contributed by atoms with van der Waals surface area (Å²) in [7, 11) is 2.02. The molecule has 19 heavy (non-hydrogen) atoms. The van der Waals surface area contributed by atoms with Crippen molar-refractivity contribution in [1.29, 1.82) is 0 Å². The number of hydrogen-bond donors (Lipinski definition) is 1. The lowest BCUT2D eigenvalue weighted by Crippen LogP contribution is -2.15. The van der Waals surface area contributed by atoms with Gasteiger partial charge in [0.05, 0.1) is 5.69 Å². The SMILES string of the molecule is CCc1nn(C)c2c1[nH]c(=S)n2CC1CCCCC1. The van der Waals surface area contributed by atoms with Crippen LogP contribution >= 0.6 is 12.2 Å². The molecular formula is C14H22N4S. The van der Waals surface area contributed by atoms with Gasteiger partial charge in [0.25, 0.3) is 0 Å². The average Bonchev–Trinajstić information content (AvgIpc) is 2.90. The minimum atomic E-state index is 0.777. The molecule has 0 saturated heterocycles. The van der Waals surface area contributed by atoms with Crippen LogP contribution in [-0.2, 0) is 20.0 Å². The smallest absolute Gasteiger partial charge is 0.179 e. The zero-order chi connectivity index (χ0) is 13.4. The Hall–Kier alpha value is -1.10. The van der Waals surface area contributed by atoms with E-state index in [9.17, 15) is 0 Å². The normalized spacial score (nSPS) is 17.4. The summed E-state index contributed by atoms with van der Waals surface area (Å²) >= 11 is 5.51. The minimum absolute atomic E-state index is 0.777. The van der Waals surface area contributed by atoms with Gasteiger partial charge in [-0.05, 0) is 37.4 Å². The summed E-state index contributed by atoms with van der Waals surface area (Å²) in [6.07, 6.45) is 7.76. The maximum atomic E-state index is 5.51. The number of fused-ring (bicyclic) bond motifs is 1. The van der Waals surface area contributed by atoms with E-state index in [1.807, 2.05) is 11.7 Å². The molecule has 0 bridgehead atoms. The van der Waals surface area contributed by atoms with Crippen LogP contribution in [-0.4, -0.2) is 19.3 Å². The quantitative estimate of drug-likeness (QED) is 0.872. The summed E-state index contributed by atoms with van der Waals surface area (Å²) in [6.45, 7) is 3.18. The molecule has 0 spiro atoms. The maximum absolute atomic E-state index is 5.51. The fourth-order valence-corrected chi connectivity index (χ4v) is 3.59. The number of nitrogens with one attached hydrogen (secondary N) is 1. The van der Waals surface area contributed by atoms with Gasteiger partial charge < -0.3 is 9.55 Å². The van der Waals surface area contributed by atoms with E-state index in [0.29, 0.717) is 0 Å². The molecule has 2 aromatic heterocycles. The van der Waals surface area contributed by atoms with Gasteiger partial charge in [-0.1, -0.05) is 26.2 Å². The van der Waals surface area contributed by atoms with Gasteiger partial charge in [0, 0.05) is 13.6 Å². The van der Waals surface area contributed by atoms with Crippen molar-refractivity contribution in [3.63, 3.8) is 0 Å². The first-order valence-corrected chi connectivity index (χ1v) is 7.76. The fourth-order valence-electron chi connectivity index (χ4n) is 3.32. The summed E-state index contributed by atoms with van der Waals surface area (Å²) in [5.74, 6) is 0.777. The van der Waals surface area contributed by atoms with Gasteiger partial charge in [0.2, 0.25) is 0 Å². The lowest BCUT2D eigenvalue weighted by atomic mass is 9.89. The van der Waals surface area contributed by atoms with E-state index in [4.69, 9.17) is 12.2 Å². The number of hydrogen-bond acceptors (Lipinski definition) is 2. The van der Waals surface area contributed by atoms with Gasteiger partial charge in [-0.25, -0.2) is 0 Å². The van der Waals surface area contributed by atoms with Crippen LogP contribution in [0.2, 0.25) is 0 Å². The van der Waals surface area contributed by atoms with Crippen LogP contribution in [0.15, 0.2) is 0 Å². The molecule has 1 aliphatic carbocycles. The predicted octanol–water partition coefficient (Wildman–Crippen LogP) is 3.58. The van der Waals surface area contributed by atoms with E-state index < -0.39 is 0 Å². The number of nitrogens with zero attached hydrogens (tertiary/aromatic N) is 3.